The Morgan fingerprint density at radius 2 is 2.06 bits per heavy atom. The molecule has 1 aliphatic rings. The summed E-state index contributed by atoms with van der Waals surface area (Å²) >= 11 is 3.89. The lowest BCUT2D eigenvalue weighted by Gasteiger charge is -2.29. The van der Waals surface area contributed by atoms with Gasteiger partial charge in [-0.25, -0.2) is 0 Å². The molecule has 1 saturated heterocycles. The fourth-order valence-electron chi connectivity index (χ4n) is 2.21. The van der Waals surface area contributed by atoms with E-state index in [0.29, 0.717) is 0 Å². The van der Waals surface area contributed by atoms with Crippen LogP contribution in [0.1, 0.15) is 0 Å². The van der Waals surface area contributed by atoms with Crippen LogP contribution in [0.2, 0.25) is 0 Å². The van der Waals surface area contributed by atoms with E-state index < -0.39 is 0 Å². The molecule has 0 unspecified atom stereocenters. The maximum absolute atomic E-state index is 5.36. The summed E-state index contributed by atoms with van der Waals surface area (Å²) < 4.78 is 10.4. The van der Waals surface area contributed by atoms with Crippen molar-refractivity contribution < 1.29 is 8.92 Å². The highest BCUT2D eigenvalue weighted by molar-refractivity contribution is 7.75. The first-order chi connectivity index (χ1) is 8.88. The summed E-state index contributed by atoms with van der Waals surface area (Å²) in [6.45, 7) is 3.40. The summed E-state index contributed by atoms with van der Waals surface area (Å²) in [4.78, 5) is 6.62. The Hall–Kier alpha value is -1.46. The van der Waals surface area contributed by atoms with Crippen molar-refractivity contribution in [2.45, 2.75) is 0 Å². The zero-order chi connectivity index (χ0) is 12.4. The standard InChI is InChI=1S/C13H14N2O2S/c18-17-13-3-4-14-12-2-1-10(9-11(12)13)15-5-7-16-8-6-15/h1-4,9,18H,5-8H2. The highest BCUT2D eigenvalue weighted by Gasteiger charge is 2.12. The van der Waals surface area contributed by atoms with Gasteiger partial charge in [-0.2, -0.15) is 0 Å². The third-order valence-electron chi connectivity index (χ3n) is 3.16. The lowest BCUT2D eigenvalue weighted by molar-refractivity contribution is 0.122. The van der Waals surface area contributed by atoms with Crippen LogP contribution in [0.5, 0.6) is 5.75 Å². The van der Waals surface area contributed by atoms with Gasteiger partial charge in [-0.15, -0.1) is 0 Å². The number of nitrogens with zero attached hydrogens (tertiary/aromatic N) is 2. The van der Waals surface area contributed by atoms with Crippen LogP contribution in [0.4, 0.5) is 5.69 Å². The van der Waals surface area contributed by atoms with E-state index in [2.05, 4.69) is 34.9 Å². The Bertz CT molecular complexity index is 556. The topological polar surface area (TPSA) is 34.6 Å². The average Bonchev–Trinajstić information content (AvgIpc) is 2.47. The number of hydrogen-bond donors (Lipinski definition) is 1. The van der Waals surface area contributed by atoms with Gasteiger partial charge in [-0.1, -0.05) is 0 Å². The molecule has 0 radical (unpaired) electrons. The summed E-state index contributed by atoms with van der Waals surface area (Å²) in [5.41, 5.74) is 2.09. The van der Waals surface area contributed by atoms with E-state index in [9.17, 15) is 0 Å². The van der Waals surface area contributed by atoms with Gasteiger partial charge in [0, 0.05) is 49.3 Å². The molecule has 5 heteroatoms. The van der Waals surface area contributed by atoms with Crippen molar-refractivity contribution >= 4 is 29.5 Å². The number of ether oxygens (including phenoxy) is 1. The van der Waals surface area contributed by atoms with E-state index in [1.165, 1.54) is 5.69 Å². The average molecular weight is 262 g/mol. The lowest BCUT2D eigenvalue weighted by Crippen LogP contribution is -2.36. The maximum atomic E-state index is 5.36. The number of fused-ring (bicyclic) bond motifs is 1. The third-order valence-corrected chi connectivity index (χ3v) is 3.36. The van der Waals surface area contributed by atoms with Crippen LogP contribution in [0, 0.1) is 0 Å². The molecule has 18 heavy (non-hydrogen) atoms. The van der Waals surface area contributed by atoms with Crippen LogP contribution >= 0.6 is 12.9 Å². The molecule has 0 aliphatic carbocycles. The van der Waals surface area contributed by atoms with Crippen molar-refractivity contribution in [2.24, 2.45) is 0 Å². The van der Waals surface area contributed by atoms with Crippen LogP contribution in [-0.2, 0) is 4.74 Å². The molecule has 1 aromatic heterocycles. The Kier molecular flexibility index (Phi) is 3.25. The minimum Gasteiger partial charge on any atom is -0.428 e. The Morgan fingerprint density at radius 3 is 2.83 bits per heavy atom. The second kappa shape index (κ2) is 5.04. The molecule has 0 atom stereocenters. The van der Waals surface area contributed by atoms with Crippen molar-refractivity contribution in [1.29, 1.82) is 0 Å². The molecule has 1 aliphatic heterocycles. The van der Waals surface area contributed by atoms with Crippen LogP contribution in [0.3, 0.4) is 0 Å². The van der Waals surface area contributed by atoms with Crippen LogP contribution < -0.4 is 9.08 Å². The number of thiol groups is 1. The van der Waals surface area contributed by atoms with Gasteiger partial charge in [0.05, 0.1) is 18.7 Å². The smallest absolute Gasteiger partial charge is 0.147 e. The number of rotatable bonds is 2. The predicted molar refractivity (Wildman–Crippen MR) is 74.4 cm³/mol. The molecule has 1 aromatic carbocycles. The van der Waals surface area contributed by atoms with Crippen molar-refractivity contribution in [1.82, 2.24) is 4.98 Å². The fourth-order valence-corrected chi connectivity index (χ4v) is 2.37. The number of pyridine rings is 1. The van der Waals surface area contributed by atoms with Gasteiger partial charge in [0.1, 0.15) is 5.75 Å². The Labute approximate surface area is 111 Å². The molecule has 0 amide bonds. The second-order valence-electron chi connectivity index (χ2n) is 4.20. The molecule has 0 N–H and O–H groups in total. The molecular formula is C13H14N2O2S. The molecule has 0 saturated carbocycles. The second-order valence-corrected chi connectivity index (χ2v) is 4.38. The zero-order valence-corrected chi connectivity index (χ0v) is 10.8. The highest BCUT2D eigenvalue weighted by Crippen LogP contribution is 2.29. The monoisotopic (exact) mass is 262 g/mol. The summed E-state index contributed by atoms with van der Waals surface area (Å²) in [7, 11) is 0. The van der Waals surface area contributed by atoms with Gasteiger partial charge >= 0.3 is 0 Å². The SMILES string of the molecule is SOc1ccnc2ccc(N3CCOCC3)cc12. The summed E-state index contributed by atoms with van der Waals surface area (Å²) in [5.74, 6) is 0.735. The van der Waals surface area contributed by atoms with Gasteiger partial charge in [0.15, 0.2) is 0 Å². The van der Waals surface area contributed by atoms with Gasteiger partial charge in [0.25, 0.3) is 0 Å². The van der Waals surface area contributed by atoms with Gasteiger partial charge in [-0.3, -0.25) is 4.98 Å². The van der Waals surface area contributed by atoms with E-state index in [0.717, 1.165) is 43.0 Å². The molecule has 3 rings (SSSR count). The van der Waals surface area contributed by atoms with Crippen LogP contribution in [0.15, 0.2) is 30.5 Å². The molecule has 0 spiro atoms. The molecule has 2 heterocycles. The molecule has 2 aromatic rings. The van der Waals surface area contributed by atoms with E-state index in [1.54, 1.807) is 6.20 Å². The molecule has 0 bridgehead atoms. The number of morpholine rings is 1. The predicted octanol–water partition coefficient (Wildman–Crippen LogP) is 2.29. The van der Waals surface area contributed by atoms with Crippen LogP contribution in [0.25, 0.3) is 10.9 Å². The lowest BCUT2D eigenvalue weighted by atomic mass is 10.1. The van der Waals surface area contributed by atoms with Crippen LogP contribution in [-0.4, -0.2) is 31.3 Å². The molecule has 4 nitrogen and oxygen atoms in total. The minimum atomic E-state index is 0.735. The van der Waals surface area contributed by atoms with Crippen molar-refractivity contribution in [3.8, 4) is 5.75 Å². The largest absolute Gasteiger partial charge is 0.428 e. The van der Waals surface area contributed by atoms with E-state index in [1.807, 2.05) is 12.1 Å². The molecule has 1 fully saturated rings. The molecule has 94 valence electrons. The Balaban J connectivity index is 2.03. The quantitative estimate of drug-likeness (QED) is 0.665. The van der Waals surface area contributed by atoms with Gasteiger partial charge in [0.2, 0.25) is 0 Å². The normalized spacial score (nSPS) is 15.9. The number of anilines is 1. The first-order valence-corrected chi connectivity index (χ1v) is 6.28. The van der Waals surface area contributed by atoms with E-state index >= 15 is 0 Å². The first kappa shape index (κ1) is 11.6. The Morgan fingerprint density at radius 1 is 1.22 bits per heavy atom. The highest BCUT2D eigenvalue weighted by atomic mass is 32.1. The van der Waals surface area contributed by atoms with Crippen molar-refractivity contribution in [2.75, 3.05) is 31.2 Å². The zero-order valence-electron chi connectivity index (χ0n) is 9.87. The third kappa shape index (κ3) is 2.11. The summed E-state index contributed by atoms with van der Waals surface area (Å²) in [6, 6.07) is 8.01. The first-order valence-electron chi connectivity index (χ1n) is 5.91. The van der Waals surface area contributed by atoms with Gasteiger partial charge in [-0.05, 0) is 18.2 Å². The number of aromatic nitrogens is 1. The summed E-state index contributed by atoms with van der Waals surface area (Å²) in [5, 5.41) is 0.983. The number of benzene rings is 1. The fraction of sp³-hybridized carbons (Fsp3) is 0.308. The maximum Gasteiger partial charge on any atom is 0.147 e. The number of hydrogen-bond acceptors (Lipinski definition) is 5. The van der Waals surface area contributed by atoms with Gasteiger partial charge < -0.3 is 13.8 Å². The minimum absolute atomic E-state index is 0.735. The van der Waals surface area contributed by atoms with E-state index in [4.69, 9.17) is 8.92 Å². The summed E-state index contributed by atoms with van der Waals surface area (Å²) in [6.07, 6.45) is 1.72. The molecular weight excluding hydrogens is 248 g/mol. The van der Waals surface area contributed by atoms with E-state index in [-0.39, 0.29) is 0 Å². The van der Waals surface area contributed by atoms with Crippen molar-refractivity contribution in [3.63, 3.8) is 0 Å². The van der Waals surface area contributed by atoms with Crippen molar-refractivity contribution in [3.05, 3.63) is 30.5 Å².